The van der Waals surface area contributed by atoms with Gasteiger partial charge in [0.2, 0.25) is 0 Å². The van der Waals surface area contributed by atoms with Crippen LogP contribution in [0.25, 0.3) is 0 Å². The van der Waals surface area contributed by atoms with Gasteiger partial charge in [-0.15, -0.1) is 0 Å². The molecular formula is C12H16O2. The maximum atomic E-state index is 9.98. The summed E-state index contributed by atoms with van der Waals surface area (Å²) in [5, 5.41) is 8.23. The number of rotatable bonds is 1. The minimum atomic E-state index is -0.619. The first-order valence-electron chi connectivity index (χ1n) is 4.94. The first kappa shape index (κ1) is 10.8. The number of aliphatic carboxylic acids is 1. The predicted octanol–water partition coefficient (Wildman–Crippen LogP) is 2.87. The molecule has 1 aromatic rings. The van der Waals surface area contributed by atoms with Gasteiger partial charge in [-0.1, -0.05) is 42.3 Å². The zero-order valence-electron chi connectivity index (χ0n) is 8.44. The van der Waals surface area contributed by atoms with Crippen LogP contribution in [-0.4, -0.2) is 11.1 Å². The van der Waals surface area contributed by atoms with Crippen molar-refractivity contribution in [1.82, 2.24) is 0 Å². The largest absolute Gasteiger partial charge is 0.481 e. The molecule has 1 fully saturated rings. The Bertz CT molecular complexity index is 276. The predicted molar refractivity (Wildman–Crippen MR) is 56.2 cm³/mol. The van der Waals surface area contributed by atoms with Gasteiger partial charge in [0.15, 0.2) is 0 Å². The molecule has 0 unspecified atom stereocenters. The van der Waals surface area contributed by atoms with Crippen molar-refractivity contribution < 1.29 is 9.90 Å². The third-order valence-corrected chi connectivity index (χ3v) is 2.39. The average Bonchev–Trinajstić information content (AvgIpc) is 2.02. The summed E-state index contributed by atoms with van der Waals surface area (Å²) in [5.74, 6) is -0.619. The lowest BCUT2D eigenvalue weighted by atomic mass is 9.86. The third kappa shape index (κ3) is 3.60. The zero-order chi connectivity index (χ0) is 10.4. The fraction of sp³-hybridized carbons (Fsp3) is 0.417. The molecule has 1 aliphatic carbocycles. The quantitative estimate of drug-likeness (QED) is 0.742. The average molecular weight is 192 g/mol. The van der Waals surface area contributed by atoms with Crippen LogP contribution in [0.1, 0.15) is 24.8 Å². The molecule has 0 heterocycles. The van der Waals surface area contributed by atoms with E-state index in [1.807, 2.05) is 18.2 Å². The number of aryl methyl sites for hydroxylation is 1. The van der Waals surface area contributed by atoms with Gasteiger partial charge in [0, 0.05) is 0 Å². The van der Waals surface area contributed by atoms with Crippen LogP contribution in [-0.2, 0) is 4.79 Å². The van der Waals surface area contributed by atoms with Crippen LogP contribution in [0, 0.1) is 12.8 Å². The molecule has 1 N–H and O–H groups in total. The van der Waals surface area contributed by atoms with Crippen molar-refractivity contribution in [1.29, 1.82) is 0 Å². The Hall–Kier alpha value is -1.31. The van der Waals surface area contributed by atoms with Gasteiger partial charge in [-0.3, -0.25) is 4.79 Å². The molecule has 2 rings (SSSR count). The summed E-state index contributed by atoms with van der Waals surface area (Å²) in [5.41, 5.74) is 1.32. The van der Waals surface area contributed by atoms with E-state index in [2.05, 4.69) is 19.1 Å². The van der Waals surface area contributed by atoms with E-state index in [-0.39, 0.29) is 5.92 Å². The van der Waals surface area contributed by atoms with Crippen LogP contribution in [0.5, 0.6) is 0 Å². The van der Waals surface area contributed by atoms with Crippen LogP contribution < -0.4 is 0 Å². The number of carbonyl (C=O) groups is 1. The zero-order valence-corrected chi connectivity index (χ0v) is 8.44. The number of hydrogen-bond acceptors (Lipinski definition) is 1. The summed E-state index contributed by atoms with van der Waals surface area (Å²) in [7, 11) is 0. The third-order valence-electron chi connectivity index (χ3n) is 2.39. The van der Waals surface area contributed by atoms with Crippen molar-refractivity contribution in [3.05, 3.63) is 35.9 Å². The van der Waals surface area contributed by atoms with E-state index in [0.29, 0.717) is 0 Å². The maximum absolute atomic E-state index is 9.98. The van der Waals surface area contributed by atoms with Gasteiger partial charge in [0.1, 0.15) is 0 Å². The number of carboxylic acid groups (broad SMARTS) is 1. The van der Waals surface area contributed by atoms with Gasteiger partial charge < -0.3 is 5.11 Å². The first-order chi connectivity index (χ1) is 6.70. The van der Waals surface area contributed by atoms with Gasteiger partial charge >= 0.3 is 5.97 Å². The van der Waals surface area contributed by atoms with Crippen molar-refractivity contribution in [2.24, 2.45) is 5.92 Å². The molecule has 0 atom stereocenters. The van der Waals surface area contributed by atoms with Gasteiger partial charge in [0.25, 0.3) is 0 Å². The minimum absolute atomic E-state index is 0.000000000000000444. The van der Waals surface area contributed by atoms with Crippen LogP contribution >= 0.6 is 0 Å². The van der Waals surface area contributed by atoms with Gasteiger partial charge in [0.05, 0.1) is 5.92 Å². The first-order valence-corrected chi connectivity index (χ1v) is 4.94. The lowest BCUT2D eigenvalue weighted by Gasteiger charge is -2.19. The molecule has 0 amide bonds. The standard InChI is InChI=1S/C7H8.C5H8O2/c1-7-5-3-2-4-6-7;6-5(7)4-2-1-3-4/h2-6H,1H3;4H,1-3H2,(H,6,7). The Labute approximate surface area is 84.6 Å². The maximum Gasteiger partial charge on any atom is 0.306 e. The Kier molecular flexibility index (Phi) is 4.17. The summed E-state index contributed by atoms with van der Waals surface area (Å²) < 4.78 is 0. The van der Waals surface area contributed by atoms with Gasteiger partial charge in [-0.2, -0.15) is 0 Å². The summed E-state index contributed by atoms with van der Waals surface area (Å²) >= 11 is 0. The monoisotopic (exact) mass is 192 g/mol. The topological polar surface area (TPSA) is 37.3 Å². The number of carboxylic acids is 1. The van der Waals surface area contributed by atoms with E-state index >= 15 is 0 Å². The molecule has 0 aliphatic heterocycles. The molecule has 0 radical (unpaired) electrons. The Morgan fingerprint density at radius 3 is 2.00 bits per heavy atom. The number of benzene rings is 1. The second-order valence-corrected chi connectivity index (χ2v) is 3.62. The Morgan fingerprint density at radius 2 is 1.86 bits per heavy atom. The molecular weight excluding hydrogens is 176 g/mol. The molecule has 1 aliphatic rings. The second kappa shape index (κ2) is 5.43. The molecule has 0 spiro atoms. The summed E-state index contributed by atoms with van der Waals surface area (Å²) in [4.78, 5) is 9.98. The van der Waals surface area contributed by atoms with Crippen molar-refractivity contribution in [3.63, 3.8) is 0 Å². The smallest absolute Gasteiger partial charge is 0.306 e. The van der Waals surface area contributed by atoms with Crippen LogP contribution in [0.15, 0.2) is 30.3 Å². The van der Waals surface area contributed by atoms with Crippen molar-refractivity contribution >= 4 is 5.97 Å². The molecule has 2 heteroatoms. The fourth-order valence-electron chi connectivity index (χ4n) is 1.19. The van der Waals surface area contributed by atoms with Crippen LogP contribution in [0.4, 0.5) is 0 Å². The van der Waals surface area contributed by atoms with Gasteiger partial charge in [-0.25, -0.2) is 0 Å². The molecule has 2 nitrogen and oxygen atoms in total. The normalized spacial score (nSPS) is 14.9. The summed E-state index contributed by atoms with van der Waals surface area (Å²) in [6.07, 6.45) is 2.90. The van der Waals surface area contributed by atoms with Crippen LogP contribution in [0.2, 0.25) is 0 Å². The highest BCUT2D eigenvalue weighted by atomic mass is 16.4. The Morgan fingerprint density at radius 1 is 1.29 bits per heavy atom. The summed E-state index contributed by atoms with van der Waals surface area (Å²) in [6.45, 7) is 2.08. The minimum Gasteiger partial charge on any atom is -0.481 e. The SMILES string of the molecule is Cc1ccccc1.O=C(O)C1CCC1. The molecule has 0 saturated heterocycles. The molecule has 1 aromatic carbocycles. The van der Waals surface area contributed by atoms with E-state index in [1.165, 1.54) is 5.56 Å². The molecule has 1 saturated carbocycles. The second-order valence-electron chi connectivity index (χ2n) is 3.62. The highest BCUT2D eigenvalue weighted by Crippen LogP contribution is 2.25. The van der Waals surface area contributed by atoms with E-state index < -0.39 is 5.97 Å². The van der Waals surface area contributed by atoms with Crippen molar-refractivity contribution in [2.45, 2.75) is 26.2 Å². The van der Waals surface area contributed by atoms with E-state index in [1.54, 1.807) is 0 Å². The van der Waals surface area contributed by atoms with Crippen LogP contribution in [0.3, 0.4) is 0 Å². The van der Waals surface area contributed by atoms with Crippen molar-refractivity contribution in [2.75, 3.05) is 0 Å². The van der Waals surface area contributed by atoms with Gasteiger partial charge in [-0.05, 0) is 19.8 Å². The van der Waals surface area contributed by atoms with Crippen molar-refractivity contribution in [3.8, 4) is 0 Å². The lowest BCUT2D eigenvalue weighted by Crippen LogP contribution is -2.20. The lowest BCUT2D eigenvalue weighted by molar-refractivity contribution is -0.144. The van der Waals surface area contributed by atoms with E-state index in [9.17, 15) is 4.79 Å². The fourth-order valence-corrected chi connectivity index (χ4v) is 1.19. The molecule has 0 bridgehead atoms. The van der Waals surface area contributed by atoms with E-state index in [0.717, 1.165) is 19.3 Å². The van der Waals surface area contributed by atoms with E-state index in [4.69, 9.17) is 5.11 Å². The summed E-state index contributed by atoms with van der Waals surface area (Å²) in [6, 6.07) is 10.3. The number of hydrogen-bond donors (Lipinski definition) is 1. The highest BCUT2D eigenvalue weighted by molar-refractivity contribution is 5.70. The molecule has 14 heavy (non-hydrogen) atoms. The Balaban J connectivity index is 0.000000140. The molecule has 76 valence electrons. The molecule has 0 aromatic heterocycles. The highest BCUT2D eigenvalue weighted by Gasteiger charge is 2.23.